The Morgan fingerprint density at radius 3 is 2.68 bits per heavy atom. The summed E-state index contributed by atoms with van der Waals surface area (Å²) in [6.07, 6.45) is 0. The Hall–Kier alpha value is -2.57. The second kappa shape index (κ2) is 5.67. The average Bonchev–Trinajstić information content (AvgIpc) is 2.45. The maximum Gasteiger partial charge on any atom is 0.278 e. The highest BCUT2D eigenvalue weighted by Gasteiger charge is 2.47. The number of ether oxygens (including phenoxy) is 1. The Balaban J connectivity index is 2.16. The van der Waals surface area contributed by atoms with Crippen molar-refractivity contribution >= 4 is 23.4 Å². The summed E-state index contributed by atoms with van der Waals surface area (Å²) < 4.78 is 5.59. The SMILES string of the molecule is Cc1ccc2c(c1)NC(=O)[C@](C)(C(=O)NCC(=O)N(C)C)O2. The number of fused-ring (bicyclic) bond motifs is 1. The summed E-state index contributed by atoms with van der Waals surface area (Å²) in [6.45, 7) is 3.07. The van der Waals surface area contributed by atoms with Crippen LogP contribution in [0.4, 0.5) is 5.69 Å². The van der Waals surface area contributed by atoms with E-state index in [0.717, 1.165) is 5.56 Å². The van der Waals surface area contributed by atoms with Gasteiger partial charge in [-0.2, -0.15) is 0 Å². The van der Waals surface area contributed by atoms with Crippen molar-refractivity contribution in [1.29, 1.82) is 0 Å². The van der Waals surface area contributed by atoms with Crippen molar-refractivity contribution in [2.75, 3.05) is 26.0 Å². The van der Waals surface area contributed by atoms with Gasteiger partial charge in [-0.25, -0.2) is 0 Å². The molecule has 1 aromatic carbocycles. The van der Waals surface area contributed by atoms with Crippen LogP contribution >= 0.6 is 0 Å². The van der Waals surface area contributed by atoms with E-state index in [0.29, 0.717) is 11.4 Å². The summed E-state index contributed by atoms with van der Waals surface area (Å²) in [4.78, 5) is 37.4. The van der Waals surface area contributed by atoms with Gasteiger partial charge in [0.15, 0.2) is 0 Å². The fourth-order valence-corrected chi connectivity index (χ4v) is 1.97. The molecule has 2 N–H and O–H groups in total. The van der Waals surface area contributed by atoms with E-state index >= 15 is 0 Å². The van der Waals surface area contributed by atoms with Crippen LogP contribution in [0.5, 0.6) is 5.75 Å². The van der Waals surface area contributed by atoms with Gasteiger partial charge >= 0.3 is 0 Å². The summed E-state index contributed by atoms with van der Waals surface area (Å²) in [5.41, 5.74) is -0.221. The number of aryl methyl sites for hydroxylation is 1. The van der Waals surface area contributed by atoms with Gasteiger partial charge in [-0.1, -0.05) is 6.07 Å². The Labute approximate surface area is 128 Å². The van der Waals surface area contributed by atoms with Gasteiger partial charge in [0.1, 0.15) is 5.75 Å². The maximum absolute atomic E-state index is 12.3. The molecule has 1 aliphatic rings. The maximum atomic E-state index is 12.3. The Morgan fingerprint density at radius 2 is 2.05 bits per heavy atom. The van der Waals surface area contributed by atoms with E-state index < -0.39 is 17.4 Å². The van der Waals surface area contributed by atoms with Gasteiger partial charge in [0.25, 0.3) is 17.4 Å². The lowest BCUT2D eigenvalue weighted by Crippen LogP contribution is -2.59. The molecule has 118 valence electrons. The molecule has 0 spiro atoms. The molecule has 0 bridgehead atoms. The van der Waals surface area contributed by atoms with E-state index in [1.165, 1.54) is 11.8 Å². The van der Waals surface area contributed by atoms with Gasteiger partial charge in [-0.3, -0.25) is 14.4 Å². The second-order valence-electron chi connectivity index (χ2n) is 5.56. The molecule has 1 atom stereocenters. The molecule has 2 rings (SSSR count). The molecule has 0 unspecified atom stereocenters. The van der Waals surface area contributed by atoms with E-state index in [1.54, 1.807) is 26.2 Å². The van der Waals surface area contributed by atoms with Crippen molar-refractivity contribution in [2.45, 2.75) is 19.4 Å². The van der Waals surface area contributed by atoms with E-state index in [9.17, 15) is 14.4 Å². The summed E-state index contributed by atoms with van der Waals surface area (Å²) in [7, 11) is 3.16. The predicted octanol–water partition coefficient (Wildman–Crippen LogP) is 0.289. The third-order valence-electron chi connectivity index (χ3n) is 3.46. The number of hydrogen-bond donors (Lipinski definition) is 2. The van der Waals surface area contributed by atoms with Crippen molar-refractivity contribution < 1.29 is 19.1 Å². The van der Waals surface area contributed by atoms with Gasteiger partial charge in [-0.15, -0.1) is 0 Å². The first-order valence-corrected chi connectivity index (χ1v) is 6.83. The van der Waals surface area contributed by atoms with E-state index in [-0.39, 0.29) is 12.5 Å². The first-order valence-electron chi connectivity index (χ1n) is 6.83. The number of nitrogens with zero attached hydrogens (tertiary/aromatic N) is 1. The van der Waals surface area contributed by atoms with Gasteiger partial charge < -0.3 is 20.3 Å². The third kappa shape index (κ3) is 2.88. The van der Waals surface area contributed by atoms with Crippen LogP contribution in [0.3, 0.4) is 0 Å². The quantitative estimate of drug-likeness (QED) is 0.786. The fraction of sp³-hybridized carbons (Fsp3) is 0.400. The zero-order chi connectivity index (χ0) is 16.5. The summed E-state index contributed by atoms with van der Waals surface area (Å²) in [6, 6.07) is 5.28. The topological polar surface area (TPSA) is 87.7 Å². The van der Waals surface area contributed by atoms with Gasteiger partial charge in [0.2, 0.25) is 5.91 Å². The first kappa shape index (κ1) is 15.8. The van der Waals surface area contributed by atoms with Crippen LogP contribution in [0.1, 0.15) is 12.5 Å². The molecule has 0 fully saturated rings. The Morgan fingerprint density at radius 1 is 1.36 bits per heavy atom. The molecule has 7 nitrogen and oxygen atoms in total. The van der Waals surface area contributed by atoms with Gasteiger partial charge in [-0.05, 0) is 31.5 Å². The van der Waals surface area contributed by atoms with Crippen LogP contribution in [0.2, 0.25) is 0 Å². The summed E-state index contributed by atoms with van der Waals surface area (Å²) in [5.74, 6) is -1.09. The molecule has 22 heavy (non-hydrogen) atoms. The summed E-state index contributed by atoms with van der Waals surface area (Å²) >= 11 is 0. The third-order valence-corrected chi connectivity index (χ3v) is 3.46. The number of anilines is 1. The number of benzene rings is 1. The monoisotopic (exact) mass is 305 g/mol. The van der Waals surface area contributed by atoms with Crippen molar-refractivity contribution in [1.82, 2.24) is 10.2 Å². The number of rotatable bonds is 3. The Bertz CT molecular complexity index is 642. The van der Waals surface area contributed by atoms with Crippen LogP contribution in [-0.4, -0.2) is 48.9 Å². The van der Waals surface area contributed by atoms with Crippen LogP contribution in [0, 0.1) is 6.92 Å². The number of carbonyl (C=O) groups is 3. The van der Waals surface area contributed by atoms with Gasteiger partial charge in [0, 0.05) is 14.1 Å². The van der Waals surface area contributed by atoms with E-state index in [1.807, 2.05) is 13.0 Å². The minimum Gasteiger partial charge on any atom is -0.466 e. The predicted molar refractivity (Wildman–Crippen MR) is 80.5 cm³/mol. The molecule has 1 aromatic rings. The highest BCUT2D eigenvalue weighted by molar-refractivity contribution is 6.15. The number of carbonyl (C=O) groups excluding carboxylic acids is 3. The number of amides is 3. The van der Waals surface area contributed by atoms with Gasteiger partial charge in [0.05, 0.1) is 12.2 Å². The normalized spacial score (nSPS) is 19.5. The zero-order valence-electron chi connectivity index (χ0n) is 13.0. The van der Waals surface area contributed by atoms with Crippen molar-refractivity contribution in [2.24, 2.45) is 0 Å². The van der Waals surface area contributed by atoms with Crippen LogP contribution in [-0.2, 0) is 14.4 Å². The number of likely N-dealkylation sites (N-methyl/N-ethyl adjacent to an activating group) is 1. The first-order chi connectivity index (χ1) is 10.2. The molecule has 0 aliphatic carbocycles. The summed E-state index contributed by atoms with van der Waals surface area (Å²) in [5, 5.41) is 5.09. The minimum atomic E-state index is -1.71. The molecule has 0 radical (unpaired) electrons. The van der Waals surface area contributed by atoms with Crippen LogP contribution < -0.4 is 15.4 Å². The Kier molecular flexibility index (Phi) is 4.07. The number of hydrogen-bond acceptors (Lipinski definition) is 4. The van der Waals surface area contributed by atoms with Crippen molar-refractivity contribution in [3.8, 4) is 5.75 Å². The van der Waals surface area contributed by atoms with Crippen LogP contribution in [0.25, 0.3) is 0 Å². The van der Waals surface area contributed by atoms with E-state index in [2.05, 4.69) is 10.6 Å². The lowest BCUT2D eigenvalue weighted by molar-refractivity contribution is -0.147. The average molecular weight is 305 g/mol. The van der Waals surface area contributed by atoms with Crippen LogP contribution in [0.15, 0.2) is 18.2 Å². The molecular weight excluding hydrogens is 286 g/mol. The molecule has 0 saturated carbocycles. The van der Waals surface area contributed by atoms with E-state index in [4.69, 9.17) is 4.74 Å². The molecule has 1 heterocycles. The zero-order valence-corrected chi connectivity index (χ0v) is 13.0. The van der Waals surface area contributed by atoms with Crippen molar-refractivity contribution in [3.05, 3.63) is 23.8 Å². The molecule has 3 amide bonds. The smallest absolute Gasteiger partial charge is 0.278 e. The fourth-order valence-electron chi connectivity index (χ4n) is 1.97. The molecule has 0 aromatic heterocycles. The highest BCUT2D eigenvalue weighted by atomic mass is 16.5. The second-order valence-corrected chi connectivity index (χ2v) is 5.56. The lowest BCUT2D eigenvalue weighted by atomic mass is 10.0. The lowest BCUT2D eigenvalue weighted by Gasteiger charge is -2.33. The molecule has 0 saturated heterocycles. The highest BCUT2D eigenvalue weighted by Crippen LogP contribution is 2.34. The number of nitrogens with one attached hydrogen (secondary N) is 2. The molecular formula is C15H19N3O4. The largest absolute Gasteiger partial charge is 0.466 e. The molecule has 7 heteroatoms. The van der Waals surface area contributed by atoms with Crippen molar-refractivity contribution in [3.63, 3.8) is 0 Å². The molecule has 1 aliphatic heterocycles. The standard InChI is InChI=1S/C15H19N3O4/c1-9-5-6-11-10(7-9)17-14(21)15(2,22-11)13(20)16-8-12(19)18(3)4/h5-7H,8H2,1-4H3,(H,16,20)(H,17,21)/t15-/m0/s1. The minimum absolute atomic E-state index is 0.196.